The van der Waals surface area contributed by atoms with E-state index < -0.39 is 0 Å². The van der Waals surface area contributed by atoms with Gasteiger partial charge in [-0.15, -0.1) is 0 Å². The quantitative estimate of drug-likeness (QED) is 0.593. The van der Waals surface area contributed by atoms with Crippen LogP contribution in [0.2, 0.25) is 0 Å². The number of aromatic nitrogens is 2. The molecular formula is C22H26N4O6. The summed E-state index contributed by atoms with van der Waals surface area (Å²) >= 11 is 0. The van der Waals surface area contributed by atoms with Crippen molar-refractivity contribution in [3.63, 3.8) is 0 Å². The van der Waals surface area contributed by atoms with Gasteiger partial charge in [0.05, 0.1) is 17.4 Å². The minimum absolute atomic E-state index is 0.0228. The molecular weight excluding hydrogens is 416 g/mol. The van der Waals surface area contributed by atoms with E-state index in [1.807, 2.05) is 30.0 Å². The first-order valence-electron chi connectivity index (χ1n) is 10.1. The molecule has 3 N–H and O–H groups in total. The molecule has 1 unspecified atom stereocenters. The van der Waals surface area contributed by atoms with E-state index in [0.717, 1.165) is 30.9 Å². The average molecular weight is 442 g/mol. The maximum atomic E-state index is 12.6. The molecule has 0 spiro atoms. The third-order valence-electron chi connectivity index (χ3n) is 5.46. The molecule has 1 aliphatic heterocycles. The Labute approximate surface area is 185 Å². The Balaban J connectivity index is 0.000000547. The number of fused-ring (bicyclic) bond motifs is 1. The van der Waals surface area contributed by atoms with E-state index in [9.17, 15) is 9.59 Å². The zero-order valence-electron chi connectivity index (χ0n) is 17.6. The Hall–Kier alpha value is -3.82. The van der Waals surface area contributed by atoms with Crippen LogP contribution in [0.1, 0.15) is 29.4 Å². The molecule has 2 aliphatic rings. The van der Waals surface area contributed by atoms with Crippen LogP contribution in [-0.4, -0.2) is 62.9 Å². The smallest absolute Gasteiger partial charge is 0.290 e. The number of carbonyl (C=O) groups is 4. The first-order valence-corrected chi connectivity index (χ1v) is 10.1. The van der Waals surface area contributed by atoms with Gasteiger partial charge in [-0.25, -0.2) is 0 Å². The number of likely N-dealkylation sites (tertiary alicyclic amines) is 1. The number of aryl methyl sites for hydroxylation is 1. The number of amides is 2. The number of pyridine rings is 2. The Morgan fingerprint density at radius 2 is 1.78 bits per heavy atom. The summed E-state index contributed by atoms with van der Waals surface area (Å²) in [6.07, 6.45) is 6.37. The highest BCUT2D eigenvalue weighted by atomic mass is 16.3. The number of nitrogens with one attached hydrogen (secondary N) is 1. The van der Waals surface area contributed by atoms with E-state index in [1.54, 1.807) is 24.7 Å². The predicted octanol–water partition coefficient (Wildman–Crippen LogP) is 1.79. The van der Waals surface area contributed by atoms with Crippen LogP contribution < -0.4 is 5.32 Å². The highest BCUT2D eigenvalue weighted by Gasteiger charge is 2.56. The van der Waals surface area contributed by atoms with Crippen LogP contribution in [0.25, 0.3) is 0 Å². The second kappa shape index (κ2) is 12.1. The predicted molar refractivity (Wildman–Crippen MR) is 115 cm³/mol. The number of carbonyl (C=O) groups excluding carboxylic acids is 2. The number of nitrogens with zero attached hydrogens (tertiary/aromatic N) is 3. The van der Waals surface area contributed by atoms with Crippen molar-refractivity contribution in [1.82, 2.24) is 14.9 Å². The van der Waals surface area contributed by atoms with Gasteiger partial charge in [0.15, 0.2) is 0 Å². The van der Waals surface area contributed by atoms with Crippen molar-refractivity contribution in [3.8, 4) is 0 Å². The molecule has 2 aromatic rings. The Bertz CT molecular complexity index is 888. The van der Waals surface area contributed by atoms with Crippen molar-refractivity contribution in [2.24, 2.45) is 17.8 Å². The van der Waals surface area contributed by atoms with Crippen LogP contribution in [0.4, 0.5) is 5.69 Å². The molecule has 2 aromatic heterocycles. The van der Waals surface area contributed by atoms with Crippen LogP contribution in [-0.2, 0) is 20.8 Å². The van der Waals surface area contributed by atoms with Gasteiger partial charge in [0.25, 0.3) is 18.9 Å². The van der Waals surface area contributed by atoms with E-state index in [-0.39, 0.29) is 24.8 Å². The molecule has 0 bridgehead atoms. The monoisotopic (exact) mass is 442 g/mol. The van der Waals surface area contributed by atoms with Gasteiger partial charge < -0.3 is 20.4 Å². The Morgan fingerprint density at radius 3 is 2.28 bits per heavy atom. The van der Waals surface area contributed by atoms with Crippen molar-refractivity contribution >= 4 is 30.4 Å². The van der Waals surface area contributed by atoms with E-state index in [1.165, 1.54) is 0 Å². The molecule has 170 valence electrons. The standard InChI is InChI=1S/C20H22N4O2.2CH2O2/c1-2-14-6-5-13(9-22-14)20(26)24-11-17-16(18(17)12-24)8-19(25)23-15-4-3-7-21-10-15;2*2-1-3/h3-7,9-10,16-18H,2,8,11-12H2,1H3,(H,23,25);2*1H,(H,2,3)/t16?,17-,18+;;. The first kappa shape index (κ1) is 24.4. The summed E-state index contributed by atoms with van der Waals surface area (Å²) in [4.78, 5) is 51.7. The molecule has 1 saturated carbocycles. The van der Waals surface area contributed by atoms with Crippen molar-refractivity contribution in [3.05, 3.63) is 54.1 Å². The topological polar surface area (TPSA) is 150 Å². The molecule has 3 heterocycles. The van der Waals surface area contributed by atoms with Gasteiger partial charge in [0.2, 0.25) is 5.91 Å². The van der Waals surface area contributed by atoms with E-state index in [0.29, 0.717) is 29.7 Å². The number of anilines is 1. The lowest BCUT2D eigenvalue weighted by Crippen LogP contribution is -2.32. The summed E-state index contributed by atoms with van der Waals surface area (Å²) in [5.41, 5.74) is 2.36. The molecule has 10 nitrogen and oxygen atoms in total. The fourth-order valence-corrected chi connectivity index (χ4v) is 3.92. The second-order valence-corrected chi connectivity index (χ2v) is 7.30. The normalized spacial score (nSPS) is 19.8. The molecule has 1 aliphatic carbocycles. The summed E-state index contributed by atoms with van der Waals surface area (Å²) in [6.45, 7) is 3.02. The molecule has 1 saturated heterocycles. The van der Waals surface area contributed by atoms with Crippen LogP contribution in [0.15, 0.2) is 42.9 Å². The van der Waals surface area contributed by atoms with Crippen molar-refractivity contribution in [1.29, 1.82) is 0 Å². The molecule has 4 rings (SSSR count). The van der Waals surface area contributed by atoms with E-state index in [2.05, 4.69) is 15.3 Å². The Kier molecular flexibility index (Phi) is 9.27. The van der Waals surface area contributed by atoms with Crippen LogP contribution >= 0.6 is 0 Å². The van der Waals surface area contributed by atoms with Gasteiger partial charge in [-0.05, 0) is 48.4 Å². The lowest BCUT2D eigenvalue weighted by Gasteiger charge is -2.20. The average Bonchev–Trinajstić information content (AvgIpc) is 3.22. The van der Waals surface area contributed by atoms with Crippen LogP contribution in [0.5, 0.6) is 0 Å². The van der Waals surface area contributed by atoms with Gasteiger partial charge in [-0.1, -0.05) is 6.92 Å². The van der Waals surface area contributed by atoms with Gasteiger partial charge in [-0.2, -0.15) is 0 Å². The van der Waals surface area contributed by atoms with Crippen LogP contribution in [0, 0.1) is 17.8 Å². The number of hydrogen-bond donors (Lipinski definition) is 3. The maximum absolute atomic E-state index is 12.6. The molecule has 2 fully saturated rings. The van der Waals surface area contributed by atoms with Crippen molar-refractivity contribution < 1.29 is 29.4 Å². The Morgan fingerprint density at radius 1 is 1.12 bits per heavy atom. The summed E-state index contributed by atoms with van der Waals surface area (Å²) in [7, 11) is 0. The van der Waals surface area contributed by atoms with Gasteiger partial charge in [0.1, 0.15) is 0 Å². The zero-order valence-corrected chi connectivity index (χ0v) is 17.6. The van der Waals surface area contributed by atoms with Crippen LogP contribution in [0.3, 0.4) is 0 Å². The molecule has 10 heteroatoms. The van der Waals surface area contributed by atoms with Gasteiger partial charge in [0, 0.05) is 37.6 Å². The molecule has 2 amide bonds. The number of rotatable bonds is 5. The van der Waals surface area contributed by atoms with Crippen molar-refractivity contribution in [2.75, 3.05) is 18.4 Å². The number of piperidine rings is 1. The molecule has 0 aromatic carbocycles. The zero-order chi connectivity index (χ0) is 23.5. The van der Waals surface area contributed by atoms with Crippen molar-refractivity contribution in [2.45, 2.75) is 19.8 Å². The summed E-state index contributed by atoms with van der Waals surface area (Å²) in [5.74, 6) is 1.35. The van der Waals surface area contributed by atoms with E-state index in [4.69, 9.17) is 19.8 Å². The molecule has 0 radical (unpaired) electrons. The van der Waals surface area contributed by atoms with E-state index >= 15 is 0 Å². The lowest BCUT2D eigenvalue weighted by atomic mass is 10.1. The highest BCUT2D eigenvalue weighted by Crippen LogP contribution is 2.53. The highest BCUT2D eigenvalue weighted by molar-refractivity contribution is 5.94. The molecule has 32 heavy (non-hydrogen) atoms. The fraction of sp³-hybridized carbons (Fsp3) is 0.364. The summed E-state index contributed by atoms with van der Waals surface area (Å²) < 4.78 is 0. The summed E-state index contributed by atoms with van der Waals surface area (Å²) in [6, 6.07) is 7.40. The third kappa shape index (κ3) is 6.59. The minimum atomic E-state index is -0.250. The number of hydrogen-bond acceptors (Lipinski definition) is 6. The SMILES string of the molecule is CCc1ccc(C(=O)N2C[C@@H]3C(CC(=O)Nc4cccnc4)[C@@H]3C2)cn1.O=CO.O=CO. The second-order valence-electron chi connectivity index (χ2n) is 7.30. The molecule has 3 atom stereocenters. The summed E-state index contributed by atoms with van der Waals surface area (Å²) in [5, 5.41) is 16.7. The number of carboxylic acid groups (broad SMARTS) is 2. The first-order chi connectivity index (χ1) is 15.5. The largest absolute Gasteiger partial charge is 0.483 e. The lowest BCUT2D eigenvalue weighted by molar-refractivity contribution is -0.123. The fourth-order valence-electron chi connectivity index (χ4n) is 3.92. The van der Waals surface area contributed by atoms with Gasteiger partial charge in [-0.3, -0.25) is 29.1 Å². The van der Waals surface area contributed by atoms with Gasteiger partial charge >= 0.3 is 0 Å². The maximum Gasteiger partial charge on any atom is 0.290 e. The minimum Gasteiger partial charge on any atom is -0.483 e. The third-order valence-corrected chi connectivity index (χ3v) is 5.46.